The molecule has 1 saturated heterocycles. The van der Waals surface area contributed by atoms with Crippen LogP contribution in [0.3, 0.4) is 0 Å². The van der Waals surface area contributed by atoms with Gasteiger partial charge in [-0.05, 0) is 36.8 Å². The molecule has 1 nitrogen and oxygen atoms in total. The molecule has 92 valence electrons. The molecule has 0 bridgehead atoms. The zero-order valence-electron chi connectivity index (χ0n) is 9.35. The lowest BCUT2D eigenvalue weighted by atomic mass is 9.91. The Morgan fingerprint density at radius 1 is 1.18 bits per heavy atom. The molecule has 1 aliphatic carbocycles. The second-order valence-corrected chi connectivity index (χ2v) is 5.15. The highest BCUT2D eigenvalue weighted by Gasteiger charge is 2.49. The second-order valence-electron chi connectivity index (χ2n) is 5.15. The Morgan fingerprint density at radius 2 is 1.88 bits per heavy atom. The van der Waals surface area contributed by atoms with E-state index in [2.05, 4.69) is 5.32 Å². The molecule has 0 radical (unpaired) electrons. The van der Waals surface area contributed by atoms with Gasteiger partial charge in [0.05, 0.1) is 5.56 Å². The van der Waals surface area contributed by atoms with E-state index in [-0.39, 0.29) is 11.5 Å². The van der Waals surface area contributed by atoms with Crippen LogP contribution in [0.2, 0.25) is 0 Å². The third-order valence-electron chi connectivity index (χ3n) is 3.92. The summed E-state index contributed by atoms with van der Waals surface area (Å²) in [4.78, 5) is 0. The molecular formula is C13H14F3N. The average molecular weight is 241 g/mol. The van der Waals surface area contributed by atoms with Gasteiger partial charge in [-0.2, -0.15) is 13.2 Å². The van der Waals surface area contributed by atoms with Gasteiger partial charge in [0.1, 0.15) is 0 Å². The first-order valence-electron chi connectivity index (χ1n) is 5.91. The fourth-order valence-electron chi connectivity index (χ4n) is 2.82. The van der Waals surface area contributed by atoms with Crippen LogP contribution in [0.1, 0.15) is 36.3 Å². The maximum atomic E-state index is 12.9. The van der Waals surface area contributed by atoms with Crippen molar-refractivity contribution in [3.63, 3.8) is 0 Å². The molecule has 3 rings (SSSR count). The fourth-order valence-corrected chi connectivity index (χ4v) is 2.82. The van der Waals surface area contributed by atoms with Crippen molar-refractivity contribution in [1.29, 1.82) is 0 Å². The molecule has 2 fully saturated rings. The predicted molar refractivity (Wildman–Crippen MR) is 58.8 cm³/mol. The Morgan fingerprint density at radius 3 is 2.47 bits per heavy atom. The maximum absolute atomic E-state index is 12.9. The van der Waals surface area contributed by atoms with Gasteiger partial charge >= 0.3 is 6.18 Å². The molecule has 1 aromatic rings. The van der Waals surface area contributed by atoms with Crippen LogP contribution in [0.5, 0.6) is 0 Å². The van der Waals surface area contributed by atoms with Crippen LogP contribution in [-0.2, 0) is 6.18 Å². The standard InChI is InChI=1S/C13H14F3N/c14-13(15,16)11-4-2-1-3-10(11)9-7-12(5-6-12)17-8-9/h1-4,9,17H,5-8H2. The largest absolute Gasteiger partial charge is 0.416 e. The Kier molecular flexibility index (Phi) is 2.27. The quantitative estimate of drug-likeness (QED) is 0.795. The van der Waals surface area contributed by atoms with Gasteiger partial charge in [0.25, 0.3) is 0 Å². The molecule has 2 aliphatic rings. The highest BCUT2D eigenvalue weighted by molar-refractivity contribution is 5.35. The van der Waals surface area contributed by atoms with Gasteiger partial charge < -0.3 is 5.32 Å². The highest BCUT2D eigenvalue weighted by Crippen LogP contribution is 2.49. The number of rotatable bonds is 1. The van der Waals surface area contributed by atoms with Crippen molar-refractivity contribution < 1.29 is 13.2 Å². The predicted octanol–water partition coefficient (Wildman–Crippen LogP) is 3.31. The molecule has 0 amide bonds. The van der Waals surface area contributed by atoms with E-state index in [0.717, 1.165) is 19.3 Å². The summed E-state index contributed by atoms with van der Waals surface area (Å²) in [5.74, 6) is 0.00956. The Bertz CT molecular complexity index is 435. The second kappa shape index (κ2) is 3.48. The van der Waals surface area contributed by atoms with Crippen molar-refractivity contribution >= 4 is 0 Å². The molecule has 1 spiro atoms. The van der Waals surface area contributed by atoms with E-state index in [0.29, 0.717) is 12.1 Å². The first-order chi connectivity index (χ1) is 8.00. The number of halogens is 3. The van der Waals surface area contributed by atoms with Crippen LogP contribution in [0.25, 0.3) is 0 Å². The van der Waals surface area contributed by atoms with E-state index in [4.69, 9.17) is 0 Å². The summed E-state index contributed by atoms with van der Waals surface area (Å²) in [6, 6.07) is 5.97. The topological polar surface area (TPSA) is 12.0 Å². The third kappa shape index (κ3) is 1.95. The Balaban J connectivity index is 1.92. The van der Waals surface area contributed by atoms with E-state index >= 15 is 0 Å². The molecular weight excluding hydrogens is 227 g/mol. The molecule has 17 heavy (non-hydrogen) atoms. The average Bonchev–Trinajstić information content (AvgIpc) is 2.88. The van der Waals surface area contributed by atoms with Crippen molar-refractivity contribution in [3.8, 4) is 0 Å². The number of hydrogen-bond acceptors (Lipinski definition) is 1. The summed E-state index contributed by atoms with van der Waals surface area (Å²) in [7, 11) is 0. The highest BCUT2D eigenvalue weighted by atomic mass is 19.4. The van der Waals surface area contributed by atoms with E-state index < -0.39 is 11.7 Å². The molecule has 4 heteroatoms. The molecule has 1 aliphatic heterocycles. The van der Waals surface area contributed by atoms with Gasteiger partial charge in [0.2, 0.25) is 0 Å². The SMILES string of the molecule is FC(F)(F)c1ccccc1C1CNC2(CC2)C1. The molecule has 1 unspecified atom stereocenters. The summed E-state index contributed by atoms with van der Waals surface area (Å²) in [5.41, 5.74) is 0.157. The van der Waals surface area contributed by atoms with Crippen LogP contribution in [0.4, 0.5) is 13.2 Å². The van der Waals surface area contributed by atoms with Crippen molar-refractivity contribution in [2.75, 3.05) is 6.54 Å². The third-order valence-corrected chi connectivity index (χ3v) is 3.92. The van der Waals surface area contributed by atoms with E-state index in [1.807, 2.05) is 0 Å². The van der Waals surface area contributed by atoms with Gasteiger partial charge in [-0.25, -0.2) is 0 Å². The number of nitrogens with one attached hydrogen (secondary N) is 1. The van der Waals surface area contributed by atoms with E-state index in [9.17, 15) is 13.2 Å². The summed E-state index contributed by atoms with van der Waals surface area (Å²) < 4.78 is 38.7. The molecule has 1 saturated carbocycles. The van der Waals surface area contributed by atoms with Crippen molar-refractivity contribution in [2.45, 2.75) is 36.9 Å². The van der Waals surface area contributed by atoms with E-state index in [1.54, 1.807) is 12.1 Å². The number of alkyl halides is 3. The zero-order chi connectivity index (χ0) is 12.1. The number of hydrogen-bond donors (Lipinski definition) is 1. The summed E-state index contributed by atoms with van der Waals surface area (Å²) in [5, 5.41) is 3.37. The van der Waals surface area contributed by atoms with Crippen LogP contribution < -0.4 is 5.32 Å². The minimum Gasteiger partial charge on any atom is -0.311 e. The normalized spacial score (nSPS) is 26.4. The first kappa shape index (κ1) is 11.1. The zero-order valence-corrected chi connectivity index (χ0v) is 9.35. The fraction of sp³-hybridized carbons (Fsp3) is 0.538. The minimum absolute atomic E-state index is 0.00956. The lowest BCUT2D eigenvalue weighted by molar-refractivity contribution is -0.138. The lowest BCUT2D eigenvalue weighted by Gasteiger charge is -2.17. The van der Waals surface area contributed by atoms with E-state index in [1.165, 1.54) is 12.1 Å². The molecule has 0 aromatic heterocycles. The minimum atomic E-state index is -4.24. The summed E-state index contributed by atoms with van der Waals surface area (Å²) in [6.45, 7) is 0.674. The monoisotopic (exact) mass is 241 g/mol. The molecule has 1 N–H and O–H groups in total. The van der Waals surface area contributed by atoms with Crippen molar-refractivity contribution in [2.24, 2.45) is 0 Å². The van der Waals surface area contributed by atoms with Gasteiger partial charge in [-0.3, -0.25) is 0 Å². The lowest BCUT2D eigenvalue weighted by Crippen LogP contribution is -2.22. The Hall–Kier alpha value is -1.03. The van der Waals surface area contributed by atoms with Crippen LogP contribution in [0.15, 0.2) is 24.3 Å². The van der Waals surface area contributed by atoms with Gasteiger partial charge in [-0.15, -0.1) is 0 Å². The molecule has 1 heterocycles. The number of benzene rings is 1. The first-order valence-corrected chi connectivity index (χ1v) is 5.91. The van der Waals surface area contributed by atoms with Crippen LogP contribution >= 0.6 is 0 Å². The van der Waals surface area contributed by atoms with Gasteiger partial charge in [0, 0.05) is 12.1 Å². The molecule has 1 aromatic carbocycles. The van der Waals surface area contributed by atoms with Crippen LogP contribution in [0, 0.1) is 0 Å². The van der Waals surface area contributed by atoms with Crippen molar-refractivity contribution in [3.05, 3.63) is 35.4 Å². The summed E-state index contributed by atoms with van der Waals surface area (Å²) >= 11 is 0. The molecule has 1 atom stereocenters. The van der Waals surface area contributed by atoms with Crippen LogP contribution in [-0.4, -0.2) is 12.1 Å². The maximum Gasteiger partial charge on any atom is 0.416 e. The van der Waals surface area contributed by atoms with Gasteiger partial charge in [0.15, 0.2) is 0 Å². The van der Waals surface area contributed by atoms with Crippen molar-refractivity contribution in [1.82, 2.24) is 5.32 Å². The Labute approximate surface area is 98.0 Å². The summed E-state index contributed by atoms with van der Waals surface area (Å²) in [6.07, 6.45) is -1.18. The smallest absolute Gasteiger partial charge is 0.311 e. The van der Waals surface area contributed by atoms with Gasteiger partial charge in [-0.1, -0.05) is 18.2 Å².